The Labute approximate surface area is 121 Å². The smallest absolute Gasteiger partial charge is 0.162 e. The van der Waals surface area contributed by atoms with Crippen molar-refractivity contribution in [2.45, 2.75) is 38.1 Å². The molecule has 2 aromatic rings. The average Bonchev–Trinajstić information content (AvgIpc) is 2.88. The highest BCUT2D eigenvalue weighted by atomic mass is 32.1. The SMILES string of the molecule is NC(Cc1cccc(F)c1F)c1cc2c(s1)CCCC2. The molecule has 0 saturated heterocycles. The molecule has 3 rings (SSSR count). The van der Waals surface area contributed by atoms with E-state index in [1.54, 1.807) is 17.4 Å². The van der Waals surface area contributed by atoms with Gasteiger partial charge in [0.15, 0.2) is 11.6 Å². The van der Waals surface area contributed by atoms with E-state index in [0.717, 1.165) is 23.8 Å². The Kier molecular flexibility index (Phi) is 3.85. The molecule has 1 unspecified atom stereocenters. The van der Waals surface area contributed by atoms with Crippen LogP contribution in [0.2, 0.25) is 0 Å². The molecule has 1 aliphatic rings. The number of hydrogen-bond acceptors (Lipinski definition) is 2. The monoisotopic (exact) mass is 293 g/mol. The zero-order chi connectivity index (χ0) is 14.1. The van der Waals surface area contributed by atoms with Crippen LogP contribution in [-0.2, 0) is 19.3 Å². The minimum Gasteiger partial charge on any atom is -0.323 e. The van der Waals surface area contributed by atoms with Crippen LogP contribution >= 0.6 is 11.3 Å². The third-order valence-electron chi connectivity index (χ3n) is 3.85. The minimum atomic E-state index is -0.805. The lowest BCUT2D eigenvalue weighted by Crippen LogP contribution is -2.13. The summed E-state index contributed by atoms with van der Waals surface area (Å²) in [6.45, 7) is 0. The van der Waals surface area contributed by atoms with E-state index in [9.17, 15) is 8.78 Å². The van der Waals surface area contributed by atoms with Crippen LogP contribution in [0.4, 0.5) is 8.78 Å². The zero-order valence-corrected chi connectivity index (χ0v) is 12.0. The first kappa shape index (κ1) is 13.7. The van der Waals surface area contributed by atoms with Crippen molar-refractivity contribution in [1.29, 1.82) is 0 Å². The fourth-order valence-electron chi connectivity index (χ4n) is 2.74. The number of hydrogen-bond donors (Lipinski definition) is 1. The third kappa shape index (κ3) is 2.63. The molecule has 0 fully saturated rings. The van der Waals surface area contributed by atoms with Gasteiger partial charge in [-0.05, 0) is 55.4 Å². The van der Waals surface area contributed by atoms with E-state index >= 15 is 0 Å². The number of thiophene rings is 1. The van der Waals surface area contributed by atoms with E-state index in [1.165, 1.54) is 29.3 Å². The van der Waals surface area contributed by atoms with Crippen molar-refractivity contribution in [1.82, 2.24) is 0 Å². The highest BCUT2D eigenvalue weighted by Gasteiger charge is 2.18. The average molecular weight is 293 g/mol. The molecule has 1 heterocycles. The predicted molar refractivity (Wildman–Crippen MR) is 78.0 cm³/mol. The fourth-order valence-corrected chi connectivity index (χ4v) is 4.00. The van der Waals surface area contributed by atoms with E-state index < -0.39 is 11.6 Å². The lowest BCUT2D eigenvalue weighted by Gasteiger charge is -2.10. The van der Waals surface area contributed by atoms with Crippen molar-refractivity contribution in [3.8, 4) is 0 Å². The molecule has 1 atom stereocenters. The maximum Gasteiger partial charge on any atom is 0.162 e. The molecule has 0 spiro atoms. The Bertz CT molecular complexity index is 597. The molecule has 0 radical (unpaired) electrons. The van der Waals surface area contributed by atoms with Crippen LogP contribution in [0.25, 0.3) is 0 Å². The summed E-state index contributed by atoms with van der Waals surface area (Å²) in [5, 5.41) is 0. The molecule has 1 aromatic carbocycles. The molecule has 1 aliphatic carbocycles. The molecule has 0 saturated carbocycles. The van der Waals surface area contributed by atoms with Crippen LogP contribution in [0.1, 0.15) is 39.8 Å². The van der Waals surface area contributed by atoms with Gasteiger partial charge < -0.3 is 5.73 Å². The molecular weight excluding hydrogens is 276 g/mol. The highest BCUT2D eigenvalue weighted by molar-refractivity contribution is 7.12. The lowest BCUT2D eigenvalue weighted by molar-refractivity contribution is 0.494. The van der Waals surface area contributed by atoms with Crippen LogP contribution in [0, 0.1) is 11.6 Å². The van der Waals surface area contributed by atoms with Crippen molar-refractivity contribution in [2.24, 2.45) is 5.73 Å². The van der Waals surface area contributed by atoms with Crippen LogP contribution in [0.15, 0.2) is 24.3 Å². The molecule has 0 bridgehead atoms. The van der Waals surface area contributed by atoms with Crippen LogP contribution < -0.4 is 5.73 Å². The maximum absolute atomic E-state index is 13.7. The Morgan fingerprint density at radius 1 is 1.20 bits per heavy atom. The number of benzene rings is 1. The number of fused-ring (bicyclic) bond motifs is 1. The van der Waals surface area contributed by atoms with Crippen LogP contribution in [0.3, 0.4) is 0 Å². The Balaban J connectivity index is 1.80. The van der Waals surface area contributed by atoms with Gasteiger partial charge in [-0.3, -0.25) is 0 Å². The van der Waals surface area contributed by atoms with Crippen molar-refractivity contribution < 1.29 is 8.78 Å². The Morgan fingerprint density at radius 3 is 2.80 bits per heavy atom. The first-order valence-electron chi connectivity index (χ1n) is 6.95. The van der Waals surface area contributed by atoms with Gasteiger partial charge in [0.1, 0.15) is 0 Å². The molecule has 0 amide bonds. The number of nitrogens with two attached hydrogens (primary N) is 1. The largest absolute Gasteiger partial charge is 0.323 e. The van der Waals surface area contributed by atoms with Gasteiger partial charge in [0.25, 0.3) is 0 Å². The van der Waals surface area contributed by atoms with E-state index in [-0.39, 0.29) is 6.04 Å². The Morgan fingerprint density at radius 2 is 2.00 bits per heavy atom. The second-order valence-electron chi connectivity index (χ2n) is 5.33. The van der Waals surface area contributed by atoms with Crippen LogP contribution in [-0.4, -0.2) is 0 Å². The summed E-state index contributed by atoms with van der Waals surface area (Å²) in [6.07, 6.45) is 5.05. The summed E-state index contributed by atoms with van der Waals surface area (Å²) >= 11 is 1.73. The Hall–Kier alpha value is -1.26. The standard InChI is InChI=1S/C16H17F2NS/c17-12-6-3-5-11(16(12)18)8-13(19)15-9-10-4-1-2-7-14(10)20-15/h3,5-6,9,13H,1-2,4,7-8,19H2. The van der Waals surface area contributed by atoms with Gasteiger partial charge in [-0.15, -0.1) is 11.3 Å². The number of rotatable bonds is 3. The number of aryl methyl sites for hydroxylation is 2. The van der Waals surface area contributed by atoms with E-state index in [4.69, 9.17) is 5.73 Å². The topological polar surface area (TPSA) is 26.0 Å². The van der Waals surface area contributed by atoms with Crippen molar-refractivity contribution in [2.75, 3.05) is 0 Å². The molecule has 2 N–H and O–H groups in total. The van der Waals surface area contributed by atoms with E-state index in [0.29, 0.717) is 12.0 Å². The molecule has 4 heteroatoms. The first-order valence-corrected chi connectivity index (χ1v) is 7.76. The summed E-state index contributed by atoms with van der Waals surface area (Å²) < 4.78 is 26.9. The van der Waals surface area contributed by atoms with Crippen molar-refractivity contribution in [3.05, 3.63) is 56.8 Å². The van der Waals surface area contributed by atoms with Gasteiger partial charge in [-0.1, -0.05) is 12.1 Å². The number of halogens is 2. The van der Waals surface area contributed by atoms with Gasteiger partial charge in [0.2, 0.25) is 0 Å². The minimum absolute atomic E-state index is 0.262. The third-order valence-corrected chi connectivity index (χ3v) is 5.22. The van der Waals surface area contributed by atoms with Crippen molar-refractivity contribution in [3.63, 3.8) is 0 Å². The summed E-state index contributed by atoms with van der Waals surface area (Å²) in [7, 11) is 0. The summed E-state index contributed by atoms with van der Waals surface area (Å²) in [5.41, 5.74) is 7.92. The molecule has 20 heavy (non-hydrogen) atoms. The maximum atomic E-state index is 13.7. The molecule has 1 aromatic heterocycles. The second kappa shape index (κ2) is 5.62. The molecule has 106 valence electrons. The molecule has 1 nitrogen and oxygen atoms in total. The summed E-state index contributed by atoms with van der Waals surface area (Å²) in [5.74, 6) is -1.58. The predicted octanol–water partition coefficient (Wildman–Crippen LogP) is 4.15. The second-order valence-corrected chi connectivity index (χ2v) is 6.50. The fraction of sp³-hybridized carbons (Fsp3) is 0.375. The van der Waals surface area contributed by atoms with E-state index in [2.05, 4.69) is 6.07 Å². The van der Waals surface area contributed by atoms with Gasteiger partial charge in [0.05, 0.1) is 0 Å². The van der Waals surface area contributed by atoms with Crippen molar-refractivity contribution >= 4 is 11.3 Å². The zero-order valence-electron chi connectivity index (χ0n) is 11.2. The normalized spacial score (nSPS) is 15.9. The first-order chi connectivity index (χ1) is 9.65. The lowest BCUT2D eigenvalue weighted by atomic mass is 9.98. The quantitative estimate of drug-likeness (QED) is 0.904. The van der Waals surface area contributed by atoms with Gasteiger partial charge in [0, 0.05) is 15.8 Å². The molecule has 0 aliphatic heterocycles. The molecular formula is C16H17F2NS. The van der Waals surface area contributed by atoms with Crippen LogP contribution in [0.5, 0.6) is 0 Å². The highest BCUT2D eigenvalue weighted by Crippen LogP contribution is 2.33. The van der Waals surface area contributed by atoms with Gasteiger partial charge in [-0.2, -0.15) is 0 Å². The van der Waals surface area contributed by atoms with Gasteiger partial charge >= 0.3 is 0 Å². The summed E-state index contributed by atoms with van der Waals surface area (Å²) in [6, 6.07) is 6.16. The van der Waals surface area contributed by atoms with E-state index in [1.807, 2.05) is 0 Å². The summed E-state index contributed by atoms with van der Waals surface area (Å²) in [4.78, 5) is 2.50. The van der Waals surface area contributed by atoms with Gasteiger partial charge in [-0.25, -0.2) is 8.78 Å².